The van der Waals surface area contributed by atoms with E-state index in [1.807, 2.05) is 31.2 Å². The Bertz CT molecular complexity index is 868. The van der Waals surface area contributed by atoms with Gasteiger partial charge >= 0.3 is 0 Å². The van der Waals surface area contributed by atoms with E-state index in [0.717, 1.165) is 11.1 Å². The smallest absolute Gasteiger partial charge is 0.258 e. The molecule has 1 aliphatic rings. The zero-order valence-corrected chi connectivity index (χ0v) is 17.2. The van der Waals surface area contributed by atoms with Crippen LogP contribution >= 0.6 is 0 Å². The maximum Gasteiger partial charge on any atom is 0.258 e. The fourth-order valence-corrected chi connectivity index (χ4v) is 3.77. The highest BCUT2D eigenvalue weighted by Crippen LogP contribution is 2.37. The Labute approximate surface area is 170 Å². The summed E-state index contributed by atoms with van der Waals surface area (Å²) in [5.74, 6) is 1.50. The van der Waals surface area contributed by atoms with Crippen LogP contribution in [0.15, 0.2) is 36.4 Å². The molecule has 0 spiro atoms. The molecular weight excluding hydrogens is 374 g/mol. The number of morpholine rings is 1. The number of nitrogens with zero attached hydrogens (tertiary/aromatic N) is 1. The van der Waals surface area contributed by atoms with Gasteiger partial charge in [0.05, 0.1) is 46.1 Å². The summed E-state index contributed by atoms with van der Waals surface area (Å²) < 4.78 is 22.0. The fourth-order valence-electron chi connectivity index (χ4n) is 3.77. The van der Waals surface area contributed by atoms with Crippen molar-refractivity contribution in [3.63, 3.8) is 0 Å². The molecule has 7 nitrogen and oxygen atoms in total. The summed E-state index contributed by atoms with van der Waals surface area (Å²) in [4.78, 5) is 15.3. The van der Waals surface area contributed by atoms with Gasteiger partial charge in [0.2, 0.25) is 0 Å². The van der Waals surface area contributed by atoms with E-state index in [0.29, 0.717) is 36.0 Å². The fraction of sp³-hybridized carbons (Fsp3) is 0.409. The summed E-state index contributed by atoms with van der Waals surface area (Å²) in [7, 11) is 4.68. The van der Waals surface area contributed by atoms with Crippen LogP contribution in [0.1, 0.15) is 27.5 Å². The summed E-state index contributed by atoms with van der Waals surface area (Å²) in [5.41, 5.74) is 2.13. The molecule has 2 aromatic carbocycles. The Hall–Kier alpha value is -2.77. The monoisotopic (exact) mass is 401 g/mol. The molecule has 1 N–H and O–H groups in total. The lowest BCUT2D eigenvalue weighted by molar-refractivity contribution is -0.0812. The highest BCUT2D eigenvalue weighted by molar-refractivity contribution is 5.98. The van der Waals surface area contributed by atoms with E-state index >= 15 is 0 Å². The standard InChI is InChI=1S/C22H27NO6/c1-14-6-5-7-17(27-3)20(14)22(25)23-10-11-29-19(13-24)21(23)15-8-9-16(26-2)18(12-15)28-4/h5-9,12,19,21,24H,10-11,13H2,1-4H3/t19-,21-/m1/s1. The molecule has 1 aliphatic heterocycles. The number of carbonyl (C=O) groups excluding carboxylic acids is 1. The van der Waals surface area contributed by atoms with Gasteiger partial charge in [-0.2, -0.15) is 0 Å². The van der Waals surface area contributed by atoms with E-state index in [1.165, 1.54) is 0 Å². The van der Waals surface area contributed by atoms with Crippen molar-refractivity contribution >= 4 is 5.91 Å². The number of amides is 1. The van der Waals surface area contributed by atoms with Gasteiger partial charge in [0.1, 0.15) is 11.9 Å². The van der Waals surface area contributed by atoms with Crippen LogP contribution in [0.25, 0.3) is 0 Å². The number of hydrogen-bond donors (Lipinski definition) is 1. The molecule has 0 saturated carbocycles. The van der Waals surface area contributed by atoms with Gasteiger partial charge in [0.15, 0.2) is 11.5 Å². The third-order valence-electron chi connectivity index (χ3n) is 5.21. The number of aliphatic hydroxyl groups excluding tert-OH is 1. The van der Waals surface area contributed by atoms with Crippen LogP contribution in [0.2, 0.25) is 0 Å². The quantitative estimate of drug-likeness (QED) is 0.802. The normalized spacial score (nSPS) is 19.0. The zero-order chi connectivity index (χ0) is 21.0. The lowest BCUT2D eigenvalue weighted by Gasteiger charge is -2.41. The van der Waals surface area contributed by atoms with E-state index in [-0.39, 0.29) is 12.5 Å². The van der Waals surface area contributed by atoms with E-state index in [4.69, 9.17) is 18.9 Å². The summed E-state index contributed by atoms with van der Waals surface area (Å²) in [6.07, 6.45) is -0.555. The van der Waals surface area contributed by atoms with Crippen LogP contribution < -0.4 is 14.2 Å². The summed E-state index contributed by atoms with van der Waals surface area (Å²) in [6, 6.07) is 10.5. The van der Waals surface area contributed by atoms with Crippen molar-refractivity contribution in [2.24, 2.45) is 0 Å². The van der Waals surface area contributed by atoms with Gasteiger partial charge in [-0.25, -0.2) is 0 Å². The number of aliphatic hydroxyl groups is 1. The third-order valence-corrected chi connectivity index (χ3v) is 5.21. The molecule has 0 aromatic heterocycles. The average molecular weight is 401 g/mol. The van der Waals surface area contributed by atoms with Crippen molar-refractivity contribution in [2.45, 2.75) is 19.1 Å². The molecule has 1 amide bonds. The molecule has 29 heavy (non-hydrogen) atoms. The van der Waals surface area contributed by atoms with Crippen LogP contribution in [-0.4, -0.2) is 63.1 Å². The Balaban J connectivity index is 2.06. The van der Waals surface area contributed by atoms with Crippen LogP contribution in [0, 0.1) is 6.92 Å². The first-order chi connectivity index (χ1) is 14.0. The van der Waals surface area contributed by atoms with Crippen molar-refractivity contribution in [1.29, 1.82) is 0 Å². The van der Waals surface area contributed by atoms with Gasteiger partial charge in [0, 0.05) is 6.54 Å². The zero-order valence-electron chi connectivity index (χ0n) is 17.2. The van der Waals surface area contributed by atoms with Gasteiger partial charge in [-0.15, -0.1) is 0 Å². The largest absolute Gasteiger partial charge is 0.496 e. The third kappa shape index (κ3) is 4.02. The van der Waals surface area contributed by atoms with Crippen LogP contribution in [0.3, 0.4) is 0 Å². The van der Waals surface area contributed by atoms with Crippen LogP contribution in [0.5, 0.6) is 17.2 Å². The summed E-state index contributed by atoms with van der Waals surface area (Å²) >= 11 is 0. The highest BCUT2D eigenvalue weighted by atomic mass is 16.5. The van der Waals surface area contributed by atoms with Crippen molar-refractivity contribution in [3.05, 3.63) is 53.1 Å². The van der Waals surface area contributed by atoms with Gasteiger partial charge in [-0.3, -0.25) is 4.79 Å². The van der Waals surface area contributed by atoms with Gasteiger partial charge in [-0.1, -0.05) is 18.2 Å². The molecule has 1 heterocycles. The van der Waals surface area contributed by atoms with E-state index < -0.39 is 12.1 Å². The van der Waals surface area contributed by atoms with Gasteiger partial charge in [-0.05, 0) is 36.2 Å². The lowest BCUT2D eigenvalue weighted by atomic mass is 9.96. The molecule has 2 aromatic rings. The predicted molar refractivity (Wildman–Crippen MR) is 108 cm³/mol. The number of hydrogen-bond acceptors (Lipinski definition) is 6. The van der Waals surface area contributed by atoms with Crippen molar-refractivity contribution in [3.8, 4) is 17.2 Å². The molecule has 0 radical (unpaired) electrons. The highest BCUT2D eigenvalue weighted by Gasteiger charge is 2.38. The van der Waals surface area contributed by atoms with E-state index in [1.54, 1.807) is 38.4 Å². The Morgan fingerprint density at radius 1 is 1.10 bits per heavy atom. The van der Waals surface area contributed by atoms with Gasteiger partial charge in [0.25, 0.3) is 5.91 Å². The number of rotatable bonds is 6. The number of aryl methyl sites for hydroxylation is 1. The Morgan fingerprint density at radius 2 is 1.83 bits per heavy atom. The number of ether oxygens (including phenoxy) is 4. The Kier molecular flexibility index (Phi) is 6.61. The molecule has 0 unspecified atom stereocenters. The van der Waals surface area contributed by atoms with Crippen molar-refractivity contribution < 1.29 is 28.8 Å². The van der Waals surface area contributed by atoms with Crippen molar-refractivity contribution in [1.82, 2.24) is 4.90 Å². The number of methoxy groups -OCH3 is 3. The minimum atomic E-state index is -0.555. The summed E-state index contributed by atoms with van der Waals surface area (Å²) in [5, 5.41) is 9.93. The molecule has 156 valence electrons. The van der Waals surface area contributed by atoms with E-state index in [9.17, 15) is 9.90 Å². The first kappa shape index (κ1) is 21.0. The molecule has 0 bridgehead atoms. The lowest BCUT2D eigenvalue weighted by Crippen LogP contribution is -2.49. The minimum absolute atomic E-state index is 0.165. The van der Waals surface area contributed by atoms with Crippen LogP contribution in [-0.2, 0) is 4.74 Å². The Morgan fingerprint density at radius 3 is 2.48 bits per heavy atom. The minimum Gasteiger partial charge on any atom is -0.496 e. The second-order valence-electron chi connectivity index (χ2n) is 6.80. The molecule has 1 saturated heterocycles. The average Bonchev–Trinajstić information content (AvgIpc) is 2.77. The van der Waals surface area contributed by atoms with Crippen molar-refractivity contribution in [2.75, 3.05) is 41.1 Å². The predicted octanol–water partition coefficient (Wildman–Crippen LogP) is 2.60. The molecule has 2 atom stereocenters. The number of carbonyl (C=O) groups is 1. The topological polar surface area (TPSA) is 77.5 Å². The maximum atomic E-state index is 13.6. The number of benzene rings is 2. The molecule has 3 rings (SSSR count). The molecular formula is C22H27NO6. The van der Waals surface area contributed by atoms with Gasteiger partial charge < -0.3 is 29.0 Å². The molecule has 1 fully saturated rings. The first-order valence-electron chi connectivity index (χ1n) is 9.44. The summed E-state index contributed by atoms with van der Waals surface area (Å²) in [6.45, 7) is 2.40. The molecule has 0 aliphatic carbocycles. The SMILES string of the molecule is COc1ccc([C@@H]2[C@@H](CO)OCCN2C(=O)c2c(C)cccc2OC)cc1OC. The van der Waals surface area contributed by atoms with E-state index in [2.05, 4.69) is 0 Å². The van der Waals surface area contributed by atoms with Crippen LogP contribution in [0.4, 0.5) is 0 Å². The maximum absolute atomic E-state index is 13.6. The second kappa shape index (κ2) is 9.15. The second-order valence-corrected chi connectivity index (χ2v) is 6.80. The molecule has 7 heteroatoms. The first-order valence-corrected chi connectivity index (χ1v) is 9.44.